The van der Waals surface area contributed by atoms with Crippen molar-refractivity contribution in [2.45, 2.75) is 13.8 Å². The largest absolute Gasteiger partial charge is 0.341 e. The second-order valence-corrected chi connectivity index (χ2v) is 4.65. The molecule has 2 aromatic carbocycles. The van der Waals surface area contributed by atoms with E-state index in [1.54, 1.807) is 0 Å². The van der Waals surface area contributed by atoms with Crippen molar-refractivity contribution in [3.05, 3.63) is 59.7 Å². The molecule has 1 heterocycles. The van der Waals surface area contributed by atoms with Gasteiger partial charge >= 0.3 is 0 Å². The summed E-state index contributed by atoms with van der Waals surface area (Å²) in [6.45, 7) is 5.37. The molecule has 0 saturated heterocycles. The summed E-state index contributed by atoms with van der Waals surface area (Å²) < 4.78 is 0. The Bertz CT molecular complexity index is 611. The number of rotatable bonds is 1. The summed E-state index contributed by atoms with van der Waals surface area (Å²) in [6.07, 6.45) is 2.28. The van der Waals surface area contributed by atoms with E-state index in [1.807, 2.05) is 0 Å². The Morgan fingerprint density at radius 2 is 1.56 bits per heavy atom. The lowest BCUT2D eigenvalue weighted by Gasteiger charge is -2.25. The van der Waals surface area contributed by atoms with Crippen LogP contribution in [0.4, 0.5) is 11.4 Å². The van der Waals surface area contributed by atoms with Gasteiger partial charge in [-0.15, -0.1) is 0 Å². The summed E-state index contributed by atoms with van der Waals surface area (Å²) in [6, 6.07) is 17.2. The van der Waals surface area contributed by atoms with Crippen LogP contribution in [0.15, 0.2) is 48.5 Å². The number of benzene rings is 2. The first-order chi connectivity index (χ1) is 8.81. The lowest BCUT2D eigenvalue weighted by molar-refractivity contribution is 1.02. The standard InChI is InChI=1S/C17H17N/c1-3-18-16-10-6-4-8-14(16)12-13(2)15-9-5-7-11-17(15)18/h4-12H,3H2,1-2H3. The highest BCUT2D eigenvalue weighted by Gasteiger charge is 2.17. The van der Waals surface area contributed by atoms with Crippen molar-refractivity contribution in [3.63, 3.8) is 0 Å². The van der Waals surface area contributed by atoms with Gasteiger partial charge in [0.1, 0.15) is 0 Å². The molecule has 0 saturated carbocycles. The SMILES string of the molecule is CCN1c2ccccc2C=C(C)c2ccccc21. The van der Waals surface area contributed by atoms with Gasteiger partial charge in [-0.3, -0.25) is 0 Å². The molecule has 1 aliphatic heterocycles. The molecule has 0 spiro atoms. The minimum absolute atomic E-state index is 0.981. The number of para-hydroxylation sites is 2. The van der Waals surface area contributed by atoms with Gasteiger partial charge in [-0.1, -0.05) is 36.4 Å². The van der Waals surface area contributed by atoms with Crippen molar-refractivity contribution >= 4 is 23.0 Å². The van der Waals surface area contributed by atoms with Gasteiger partial charge in [0.2, 0.25) is 0 Å². The Morgan fingerprint density at radius 1 is 0.889 bits per heavy atom. The summed E-state index contributed by atoms with van der Waals surface area (Å²) in [4.78, 5) is 2.39. The fraction of sp³-hybridized carbons (Fsp3) is 0.176. The molecule has 0 bridgehead atoms. The van der Waals surface area contributed by atoms with E-state index >= 15 is 0 Å². The first-order valence-electron chi connectivity index (χ1n) is 6.45. The van der Waals surface area contributed by atoms with Crippen LogP contribution in [0.3, 0.4) is 0 Å². The smallest absolute Gasteiger partial charge is 0.0487 e. The maximum atomic E-state index is 2.39. The van der Waals surface area contributed by atoms with Crippen LogP contribution in [0, 0.1) is 0 Å². The third kappa shape index (κ3) is 1.63. The van der Waals surface area contributed by atoms with Crippen LogP contribution in [0.1, 0.15) is 25.0 Å². The van der Waals surface area contributed by atoms with E-state index in [9.17, 15) is 0 Å². The van der Waals surface area contributed by atoms with Gasteiger partial charge in [0.25, 0.3) is 0 Å². The van der Waals surface area contributed by atoms with Crippen molar-refractivity contribution in [3.8, 4) is 0 Å². The fourth-order valence-electron chi connectivity index (χ4n) is 2.68. The maximum absolute atomic E-state index is 2.39. The van der Waals surface area contributed by atoms with Crippen LogP contribution < -0.4 is 4.90 Å². The number of fused-ring (bicyclic) bond motifs is 2. The molecule has 0 N–H and O–H groups in total. The van der Waals surface area contributed by atoms with Crippen LogP contribution in [0.2, 0.25) is 0 Å². The summed E-state index contributed by atoms with van der Waals surface area (Å²) in [7, 11) is 0. The topological polar surface area (TPSA) is 3.24 Å². The zero-order valence-electron chi connectivity index (χ0n) is 10.9. The number of hydrogen-bond acceptors (Lipinski definition) is 1. The van der Waals surface area contributed by atoms with Gasteiger partial charge < -0.3 is 4.90 Å². The summed E-state index contributed by atoms with van der Waals surface area (Å²) in [5, 5.41) is 0. The third-order valence-corrected chi connectivity index (χ3v) is 3.54. The lowest BCUT2D eigenvalue weighted by Crippen LogP contribution is -2.17. The van der Waals surface area contributed by atoms with Crippen LogP contribution in [-0.4, -0.2) is 6.54 Å². The highest BCUT2D eigenvalue weighted by molar-refractivity contribution is 5.94. The molecule has 0 amide bonds. The van der Waals surface area contributed by atoms with Crippen LogP contribution >= 0.6 is 0 Å². The molecule has 0 aromatic heterocycles. The summed E-state index contributed by atoms with van der Waals surface area (Å²) >= 11 is 0. The van der Waals surface area contributed by atoms with E-state index in [4.69, 9.17) is 0 Å². The second-order valence-electron chi connectivity index (χ2n) is 4.65. The van der Waals surface area contributed by atoms with E-state index in [1.165, 1.54) is 28.1 Å². The zero-order valence-corrected chi connectivity index (χ0v) is 10.9. The molecule has 18 heavy (non-hydrogen) atoms. The number of nitrogens with zero attached hydrogens (tertiary/aromatic N) is 1. The monoisotopic (exact) mass is 235 g/mol. The normalized spacial score (nSPS) is 13.4. The predicted octanol–water partition coefficient (Wildman–Crippen LogP) is 4.72. The lowest BCUT2D eigenvalue weighted by atomic mass is 10.0. The number of anilines is 2. The summed E-state index contributed by atoms with van der Waals surface area (Å²) in [5.41, 5.74) is 6.56. The van der Waals surface area contributed by atoms with Gasteiger partial charge in [-0.05, 0) is 43.2 Å². The fourth-order valence-corrected chi connectivity index (χ4v) is 2.68. The molecule has 0 fully saturated rings. The molecular weight excluding hydrogens is 218 g/mol. The molecule has 1 heteroatoms. The number of allylic oxidation sites excluding steroid dienone is 1. The van der Waals surface area contributed by atoms with Crippen LogP contribution in [-0.2, 0) is 0 Å². The molecule has 1 nitrogen and oxygen atoms in total. The van der Waals surface area contributed by atoms with Crippen molar-refractivity contribution < 1.29 is 0 Å². The molecule has 3 rings (SSSR count). The van der Waals surface area contributed by atoms with Gasteiger partial charge in [-0.2, -0.15) is 0 Å². The Hall–Kier alpha value is -2.02. The average molecular weight is 235 g/mol. The molecule has 0 aliphatic carbocycles. The van der Waals surface area contributed by atoms with Gasteiger partial charge in [0, 0.05) is 23.5 Å². The van der Waals surface area contributed by atoms with Crippen molar-refractivity contribution in [1.82, 2.24) is 0 Å². The average Bonchev–Trinajstić information content (AvgIpc) is 2.53. The predicted molar refractivity (Wildman–Crippen MR) is 79.1 cm³/mol. The molecule has 0 atom stereocenters. The van der Waals surface area contributed by atoms with E-state index < -0.39 is 0 Å². The van der Waals surface area contributed by atoms with Gasteiger partial charge in [0.15, 0.2) is 0 Å². The molecular formula is C17H17N. The second kappa shape index (κ2) is 4.34. The quantitative estimate of drug-likeness (QED) is 0.691. The van der Waals surface area contributed by atoms with E-state index in [-0.39, 0.29) is 0 Å². The highest BCUT2D eigenvalue weighted by atomic mass is 15.1. The third-order valence-electron chi connectivity index (χ3n) is 3.54. The van der Waals surface area contributed by atoms with Crippen molar-refractivity contribution in [2.75, 3.05) is 11.4 Å². The Labute approximate surface area is 108 Å². The van der Waals surface area contributed by atoms with Crippen LogP contribution in [0.25, 0.3) is 11.6 Å². The maximum Gasteiger partial charge on any atom is 0.0487 e. The molecule has 0 unspecified atom stereocenters. The first-order valence-corrected chi connectivity index (χ1v) is 6.45. The molecule has 1 aliphatic rings. The van der Waals surface area contributed by atoms with Crippen molar-refractivity contribution in [2.24, 2.45) is 0 Å². The Balaban J connectivity index is 2.31. The molecule has 2 aromatic rings. The molecule has 90 valence electrons. The Morgan fingerprint density at radius 3 is 2.33 bits per heavy atom. The highest BCUT2D eigenvalue weighted by Crippen LogP contribution is 2.38. The van der Waals surface area contributed by atoms with Gasteiger partial charge in [-0.25, -0.2) is 0 Å². The minimum Gasteiger partial charge on any atom is -0.341 e. The van der Waals surface area contributed by atoms with E-state index in [0.717, 1.165) is 6.54 Å². The zero-order chi connectivity index (χ0) is 12.5. The first kappa shape index (κ1) is 11.1. The number of hydrogen-bond donors (Lipinski definition) is 0. The Kier molecular flexibility index (Phi) is 2.67. The van der Waals surface area contributed by atoms with Crippen molar-refractivity contribution in [1.29, 1.82) is 0 Å². The van der Waals surface area contributed by atoms with E-state index in [2.05, 4.69) is 73.4 Å². The van der Waals surface area contributed by atoms with Gasteiger partial charge in [0.05, 0.1) is 0 Å². The molecule has 0 radical (unpaired) electrons. The summed E-state index contributed by atoms with van der Waals surface area (Å²) in [5.74, 6) is 0. The van der Waals surface area contributed by atoms with Crippen LogP contribution in [0.5, 0.6) is 0 Å². The van der Waals surface area contributed by atoms with E-state index in [0.29, 0.717) is 0 Å². The minimum atomic E-state index is 0.981.